The van der Waals surface area contributed by atoms with Crippen molar-refractivity contribution in [2.45, 2.75) is 45.6 Å². The molecular weight excluding hydrogens is 372 g/mol. The lowest BCUT2D eigenvalue weighted by atomic mass is 9.97. The van der Waals surface area contributed by atoms with Gasteiger partial charge >= 0.3 is 0 Å². The summed E-state index contributed by atoms with van der Waals surface area (Å²) in [4.78, 5) is 34.4. The molecule has 5 rings (SSSR count). The van der Waals surface area contributed by atoms with Crippen LogP contribution < -0.4 is 10.5 Å². The minimum atomic E-state index is -0.190. The smallest absolute Gasteiger partial charge is 0.282 e. The van der Waals surface area contributed by atoms with Gasteiger partial charge in [0.25, 0.3) is 11.5 Å². The second-order valence-electron chi connectivity index (χ2n) is 7.52. The minimum Gasteiger partial charge on any atom is -0.304 e. The molecule has 1 aromatic carbocycles. The first-order valence-electron chi connectivity index (χ1n) is 9.60. The number of nitrogens with zero attached hydrogens (tertiary/aromatic N) is 4. The minimum absolute atomic E-state index is 0.00238. The van der Waals surface area contributed by atoms with Crippen LogP contribution in [0.4, 0.5) is 5.69 Å². The van der Waals surface area contributed by atoms with E-state index in [1.54, 1.807) is 16.2 Å². The largest absolute Gasteiger partial charge is 0.304 e. The zero-order chi connectivity index (χ0) is 19.4. The number of fused-ring (bicyclic) bond motifs is 4. The van der Waals surface area contributed by atoms with E-state index < -0.39 is 0 Å². The van der Waals surface area contributed by atoms with Crippen molar-refractivity contribution in [2.24, 2.45) is 5.10 Å². The number of benzene rings is 1. The van der Waals surface area contributed by atoms with Gasteiger partial charge in [-0.15, -0.1) is 11.3 Å². The van der Waals surface area contributed by atoms with Crippen molar-refractivity contribution in [2.75, 3.05) is 4.90 Å². The molecule has 2 aliphatic rings. The van der Waals surface area contributed by atoms with Gasteiger partial charge in [0, 0.05) is 16.5 Å². The number of carbonyl (C=O) groups is 1. The molecule has 1 aliphatic heterocycles. The summed E-state index contributed by atoms with van der Waals surface area (Å²) in [5.74, 6) is -0.185. The van der Waals surface area contributed by atoms with Crippen LogP contribution in [-0.4, -0.2) is 27.3 Å². The van der Waals surface area contributed by atoms with Crippen LogP contribution in [-0.2, 0) is 17.6 Å². The lowest BCUT2D eigenvalue weighted by Gasteiger charge is -2.20. The summed E-state index contributed by atoms with van der Waals surface area (Å²) in [7, 11) is 0. The average Bonchev–Trinajstić information content (AvgIpc) is 3.20. The third-order valence-electron chi connectivity index (χ3n) is 5.42. The first-order valence-corrected chi connectivity index (χ1v) is 10.4. The molecule has 0 unspecified atom stereocenters. The predicted molar refractivity (Wildman–Crippen MR) is 112 cm³/mol. The highest BCUT2D eigenvalue weighted by Gasteiger charge is 2.35. The molecule has 0 N–H and O–H groups in total. The Hall–Kier alpha value is -2.80. The van der Waals surface area contributed by atoms with E-state index in [2.05, 4.69) is 10.1 Å². The van der Waals surface area contributed by atoms with Crippen LogP contribution in [0.25, 0.3) is 10.2 Å². The highest BCUT2D eigenvalue weighted by Crippen LogP contribution is 2.34. The first-order chi connectivity index (χ1) is 13.6. The topological polar surface area (TPSA) is 67.6 Å². The fourth-order valence-corrected chi connectivity index (χ4v) is 5.37. The van der Waals surface area contributed by atoms with Crippen molar-refractivity contribution >= 4 is 38.9 Å². The molecular formula is C21H20N4O2S. The van der Waals surface area contributed by atoms with Gasteiger partial charge < -0.3 is 4.90 Å². The van der Waals surface area contributed by atoms with E-state index in [0.29, 0.717) is 5.39 Å². The van der Waals surface area contributed by atoms with E-state index in [-0.39, 0.29) is 23.2 Å². The molecule has 0 atom stereocenters. The van der Waals surface area contributed by atoms with Crippen molar-refractivity contribution in [3.8, 4) is 0 Å². The second-order valence-corrected chi connectivity index (χ2v) is 8.60. The zero-order valence-corrected chi connectivity index (χ0v) is 16.6. The molecule has 2 aromatic heterocycles. The molecule has 3 aromatic rings. The Bertz CT molecular complexity index is 1200. The van der Waals surface area contributed by atoms with Crippen LogP contribution in [0.1, 0.15) is 42.7 Å². The third kappa shape index (κ3) is 2.46. The standard InChI is InChI=1S/C21H20N4O2S/c1-12(2)25-15-9-5-3-7-13(15)18(21(25)27)23-24-11-22-19-17(20(24)26)14-8-4-6-10-16(14)28-19/h3,5,7,9,11-12H,4,6,8,10H2,1-2H3. The molecule has 0 spiro atoms. The number of carbonyl (C=O) groups excluding carboxylic acids is 1. The maximum atomic E-state index is 13.2. The molecule has 3 heterocycles. The molecule has 0 saturated heterocycles. The Labute approximate surface area is 166 Å². The maximum Gasteiger partial charge on any atom is 0.282 e. The molecule has 0 radical (unpaired) electrons. The van der Waals surface area contributed by atoms with Gasteiger partial charge in [0.2, 0.25) is 0 Å². The molecule has 0 saturated carbocycles. The van der Waals surface area contributed by atoms with E-state index >= 15 is 0 Å². The Morgan fingerprint density at radius 2 is 1.93 bits per heavy atom. The van der Waals surface area contributed by atoms with Crippen molar-refractivity contribution in [1.29, 1.82) is 0 Å². The molecule has 6 nitrogen and oxygen atoms in total. The molecule has 7 heteroatoms. The third-order valence-corrected chi connectivity index (χ3v) is 6.62. The van der Waals surface area contributed by atoms with Gasteiger partial charge in [0.15, 0.2) is 5.71 Å². The normalized spacial score (nSPS) is 17.6. The highest BCUT2D eigenvalue weighted by molar-refractivity contribution is 7.18. The van der Waals surface area contributed by atoms with Crippen LogP contribution in [0.3, 0.4) is 0 Å². The summed E-state index contributed by atoms with van der Waals surface area (Å²) in [6, 6.07) is 7.57. The SMILES string of the molecule is CC(C)N1C(=O)C(=Nn2cnc3sc4c(c3c2=O)CCCC4)c2ccccc21. The molecule has 28 heavy (non-hydrogen) atoms. The summed E-state index contributed by atoms with van der Waals surface area (Å²) >= 11 is 1.61. The van der Waals surface area contributed by atoms with Crippen LogP contribution in [0, 0.1) is 0 Å². The second kappa shape index (κ2) is 6.38. The van der Waals surface area contributed by atoms with Gasteiger partial charge in [0.1, 0.15) is 11.2 Å². The van der Waals surface area contributed by atoms with Gasteiger partial charge in [-0.25, -0.2) is 4.98 Å². The molecule has 0 bridgehead atoms. The maximum absolute atomic E-state index is 13.2. The van der Waals surface area contributed by atoms with Gasteiger partial charge in [-0.3, -0.25) is 9.59 Å². The molecule has 1 amide bonds. The molecule has 142 valence electrons. The summed E-state index contributed by atoms with van der Waals surface area (Å²) in [5, 5.41) is 5.14. The average molecular weight is 392 g/mol. The summed E-state index contributed by atoms with van der Waals surface area (Å²) in [6.07, 6.45) is 5.62. The highest BCUT2D eigenvalue weighted by atomic mass is 32.1. The summed E-state index contributed by atoms with van der Waals surface area (Å²) < 4.78 is 1.23. The fourth-order valence-electron chi connectivity index (χ4n) is 4.15. The van der Waals surface area contributed by atoms with Gasteiger partial charge in [-0.1, -0.05) is 18.2 Å². The van der Waals surface area contributed by atoms with E-state index in [1.165, 1.54) is 15.9 Å². The number of para-hydroxylation sites is 1. The Kier molecular flexibility index (Phi) is 3.94. The number of aryl methyl sites for hydroxylation is 2. The van der Waals surface area contributed by atoms with E-state index in [1.807, 2.05) is 38.1 Å². The number of thiophene rings is 1. The lowest BCUT2D eigenvalue weighted by molar-refractivity contribution is -0.112. The summed E-state index contributed by atoms with van der Waals surface area (Å²) in [5.41, 5.74) is 2.80. The monoisotopic (exact) mass is 392 g/mol. The predicted octanol–water partition coefficient (Wildman–Crippen LogP) is 3.34. The van der Waals surface area contributed by atoms with E-state index in [9.17, 15) is 9.59 Å². The number of anilines is 1. The number of amides is 1. The fraction of sp³-hybridized carbons (Fsp3) is 0.333. The van der Waals surface area contributed by atoms with Crippen molar-refractivity contribution in [3.63, 3.8) is 0 Å². The zero-order valence-electron chi connectivity index (χ0n) is 15.8. The first kappa shape index (κ1) is 17.3. The number of aromatic nitrogens is 2. The summed E-state index contributed by atoms with van der Waals surface area (Å²) in [6.45, 7) is 3.93. The van der Waals surface area contributed by atoms with Crippen LogP contribution in [0.2, 0.25) is 0 Å². The van der Waals surface area contributed by atoms with Crippen LogP contribution in [0.5, 0.6) is 0 Å². The van der Waals surface area contributed by atoms with E-state index in [0.717, 1.165) is 47.3 Å². The van der Waals surface area contributed by atoms with E-state index in [4.69, 9.17) is 0 Å². The number of hydrogen-bond donors (Lipinski definition) is 0. The Balaban J connectivity index is 1.69. The van der Waals surface area contributed by atoms with Crippen molar-refractivity contribution in [1.82, 2.24) is 9.66 Å². The van der Waals surface area contributed by atoms with Crippen molar-refractivity contribution < 1.29 is 4.79 Å². The van der Waals surface area contributed by atoms with Gasteiger partial charge in [-0.2, -0.15) is 9.78 Å². The Morgan fingerprint density at radius 3 is 2.75 bits per heavy atom. The van der Waals surface area contributed by atoms with Gasteiger partial charge in [-0.05, 0) is 51.2 Å². The molecule has 0 fully saturated rings. The lowest BCUT2D eigenvalue weighted by Crippen LogP contribution is -2.36. The Morgan fingerprint density at radius 1 is 1.14 bits per heavy atom. The van der Waals surface area contributed by atoms with Crippen LogP contribution >= 0.6 is 11.3 Å². The molecule has 1 aliphatic carbocycles. The van der Waals surface area contributed by atoms with Crippen molar-refractivity contribution in [3.05, 3.63) is 57.0 Å². The quantitative estimate of drug-likeness (QED) is 0.672. The number of hydrogen-bond acceptors (Lipinski definition) is 5. The van der Waals surface area contributed by atoms with Crippen LogP contribution in [0.15, 0.2) is 40.5 Å². The number of rotatable bonds is 2. The van der Waals surface area contributed by atoms with Gasteiger partial charge in [0.05, 0.1) is 11.1 Å².